The lowest BCUT2D eigenvalue weighted by atomic mass is 10.4. The van der Waals surface area contributed by atoms with E-state index in [0.29, 0.717) is 0 Å². The van der Waals surface area contributed by atoms with Crippen molar-refractivity contribution in [3.63, 3.8) is 0 Å². The molecule has 1 heterocycles. The molecule has 0 aliphatic heterocycles. The number of nitrogens with zero attached hydrogens (tertiary/aromatic N) is 1. The molecule has 1 rings (SSSR count). The van der Waals surface area contributed by atoms with Crippen LogP contribution in [0.4, 0.5) is 5.00 Å². The van der Waals surface area contributed by atoms with Crippen molar-refractivity contribution in [2.24, 2.45) is 0 Å². The molecule has 66 valence electrons. The normalized spacial score (nSPS) is 10.9. The summed E-state index contributed by atoms with van der Waals surface area (Å²) in [5, 5.41) is 9.78. The van der Waals surface area contributed by atoms with Crippen LogP contribution >= 0.6 is 11.3 Å². The highest BCUT2D eigenvalue weighted by Gasteiger charge is 1.97. The molecule has 0 bridgehead atoms. The number of thiophene rings is 1. The van der Waals surface area contributed by atoms with E-state index in [4.69, 9.17) is 5.11 Å². The van der Waals surface area contributed by atoms with Gasteiger partial charge in [0.15, 0.2) is 0 Å². The van der Waals surface area contributed by atoms with Crippen LogP contribution in [-0.2, 0) is 0 Å². The van der Waals surface area contributed by atoms with E-state index in [0.717, 1.165) is 0 Å². The number of rotatable bonds is 3. The van der Waals surface area contributed by atoms with Crippen LogP contribution in [0.2, 0.25) is 0 Å². The van der Waals surface area contributed by atoms with E-state index in [1.807, 2.05) is 26.2 Å². The van der Waals surface area contributed by atoms with Crippen LogP contribution in [0.1, 0.15) is 4.88 Å². The van der Waals surface area contributed by atoms with Gasteiger partial charge in [0.1, 0.15) is 0 Å². The van der Waals surface area contributed by atoms with Crippen LogP contribution in [-0.4, -0.2) is 25.8 Å². The molecule has 0 saturated heterocycles. The molecular formula is C9H13NOS. The predicted molar refractivity (Wildman–Crippen MR) is 54.8 cm³/mol. The number of hydrogen-bond donors (Lipinski definition) is 1. The number of aliphatic hydroxyl groups excluding tert-OH is 1. The number of aliphatic hydroxyl groups is 1. The molecule has 0 atom stereocenters. The van der Waals surface area contributed by atoms with Crippen LogP contribution in [0, 0.1) is 0 Å². The van der Waals surface area contributed by atoms with E-state index in [1.165, 1.54) is 9.88 Å². The molecule has 1 aromatic rings. The van der Waals surface area contributed by atoms with Crippen LogP contribution in [0.25, 0.3) is 6.08 Å². The van der Waals surface area contributed by atoms with E-state index in [9.17, 15) is 0 Å². The highest BCUT2D eigenvalue weighted by molar-refractivity contribution is 7.16. The Bertz CT molecular complexity index is 265. The lowest BCUT2D eigenvalue weighted by Gasteiger charge is -2.06. The van der Waals surface area contributed by atoms with Gasteiger partial charge in [-0.1, -0.05) is 6.08 Å². The summed E-state index contributed by atoms with van der Waals surface area (Å²) in [6.45, 7) is 0.106. The van der Waals surface area contributed by atoms with Gasteiger partial charge in [-0.05, 0) is 18.2 Å². The monoisotopic (exact) mass is 183 g/mol. The fraction of sp³-hybridized carbons (Fsp3) is 0.333. The predicted octanol–water partition coefficient (Wildman–Crippen LogP) is 1.82. The first kappa shape index (κ1) is 9.29. The van der Waals surface area contributed by atoms with Gasteiger partial charge in [0, 0.05) is 19.0 Å². The molecule has 0 fully saturated rings. The molecule has 3 heteroatoms. The van der Waals surface area contributed by atoms with E-state index >= 15 is 0 Å². The first-order valence-electron chi connectivity index (χ1n) is 3.78. The molecule has 1 N–H and O–H groups in total. The van der Waals surface area contributed by atoms with Crippen LogP contribution in [0.3, 0.4) is 0 Å². The minimum absolute atomic E-state index is 0.106. The molecular weight excluding hydrogens is 170 g/mol. The van der Waals surface area contributed by atoms with Crippen molar-refractivity contribution in [3.8, 4) is 0 Å². The van der Waals surface area contributed by atoms with Crippen LogP contribution in [0.5, 0.6) is 0 Å². The van der Waals surface area contributed by atoms with Crippen molar-refractivity contribution in [2.75, 3.05) is 25.6 Å². The average Bonchev–Trinajstić information content (AvgIpc) is 2.48. The standard InChI is InChI=1S/C9H13NOS/c1-10(2)9-6-5-8(12-9)4-3-7-11/h3-6,11H,7H2,1-2H3. The third-order valence-corrected chi connectivity index (χ3v) is 2.66. The summed E-state index contributed by atoms with van der Waals surface area (Å²) < 4.78 is 0. The zero-order chi connectivity index (χ0) is 8.97. The third kappa shape index (κ3) is 2.36. The Balaban J connectivity index is 2.70. The topological polar surface area (TPSA) is 23.5 Å². The van der Waals surface area contributed by atoms with Gasteiger partial charge in [-0.15, -0.1) is 11.3 Å². The smallest absolute Gasteiger partial charge is 0.0909 e. The van der Waals surface area contributed by atoms with Gasteiger partial charge in [0.2, 0.25) is 0 Å². The van der Waals surface area contributed by atoms with Gasteiger partial charge in [-0.25, -0.2) is 0 Å². The fourth-order valence-corrected chi connectivity index (χ4v) is 1.70. The second-order valence-electron chi connectivity index (χ2n) is 2.66. The van der Waals surface area contributed by atoms with Crippen LogP contribution in [0.15, 0.2) is 18.2 Å². The largest absolute Gasteiger partial charge is 0.392 e. The maximum absolute atomic E-state index is 8.55. The SMILES string of the molecule is CN(C)c1ccc(C=CCO)s1. The molecule has 12 heavy (non-hydrogen) atoms. The summed E-state index contributed by atoms with van der Waals surface area (Å²) >= 11 is 1.71. The fourth-order valence-electron chi connectivity index (χ4n) is 0.841. The molecule has 0 aliphatic carbocycles. The second kappa shape index (κ2) is 4.28. The molecule has 2 nitrogen and oxygen atoms in total. The van der Waals surface area contributed by atoms with Gasteiger partial charge in [0.05, 0.1) is 11.6 Å². The summed E-state index contributed by atoms with van der Waals surface area (Å²) in [5.74, 6) is 0. The minimum Gasteiger partial charge on any atom is -0.392 e. The Morgan fingerprint density at radius 1 is 1.50 bits per heavy atom. The zero-order valence-corrected chi connectivity index (χ0v) is 8.14. The molecule has 0 spiro atoms. The Morgan fingerprint density at radius 2 is 2.25 bits per heavy atom. The summed E-state index contributed by atoms with van der Waals surface area (Å²) in [7, 11) is 4.04. The summed E-state index contributed by atoms with van der Waals surface area (Å²) in [4.78, 5) is 3.24. The lowest BCUT2D eigenvalue weighted by Crippen LogP contribution is -2.05. The van der Waals surface area contributed by atoms with Crippen molar-refractivity contribution < 1.29 is 5.11 Å². The van der Waals surface area contributed by atoms with E-state index in [1.54, 1.807) is 17.4 Å². The van der Waals surface area contributed by atoms with Gasteiger partial charge >= 0.3 is 0 Å². The van der Waals surface area contributed by atoms with Crippen molar-refractivity contribution in [1.29, 1.82) is 0 Å². The van der Waals surface area contributed by atoms with Gasteiger partial charge < -0.3 is 10.0 Å². The summed E-state index contributed by atoms with van der Waals surface area (Å²) in [5.41, 5.74) is 0. The maximum Gasteiger partial charge on any atom is 0.0909 e. The Kier molecular flexibility index (Phi) is 3.31. The van der Waals surface area contributed by atoms with Gasteiger partial charge in [-0.3, -0.25) is 0 Å². The quantitative estimate of drug-likeness (QED) is 0.772. The lowest BCUT2D eigenvalue weighted by molar-refractivity contribution is 0.343. The Labute approximate surface area is 76.8 Å². The molecule has 0 saturated carbocycles. The zero-order valence-electron chi connectivity index (χ0n) is 7.32. The third-order valence-electron chi connectivity index (χ3n) is 1.44. The Morgan fingerprint density at radius 3 is 2.75 bits per heavy atom. The van der Waals surface area contributed by atoms with Crippen molar-refractivity contribution in [1.82, 2.24) is 0 Å². The Hall–Kier alpha value is -0.800. The van der Waals surface area contributed by atoms with Gasteiger partial charge in [0.25, 0.3) is 0 Å². The van der Waals surface area contributed by atoms with E-state index in [-0.39, 0.29) is 6.61 Å². The van der Waals surface area contributed by atoms with Crippen LogP contribution < -0.4 is 4.90 Å². The van der Waals surface area contributed by atoms with E-state index < -0.39 is 0 Å². The average molecular weight is 183 g/mol. The van der Waals surface area contributed by atoms with E-state index in [2.05, 4.69) is 11.0 Å². The summed E-state index contributed by atoms with van der Waals surface area (Å²) in [6, 6.07) is 4.12. The molecule has 0 aliphatic rings. The van der Waals surface area contributed by atoms with Crippen molar-refractivity contribution in [3.05, 3.63) is 23.1 Å². The first-order valence-corrected chi connectivity index (χ1v) is 4.60. The van der Waals surface area contributed by atoms with Crippen molar-refractivity contribution >= 4 is 22.4 Å². The van der Waals surface area contributed by atoms with Crippen molar-refractivity contribution in [2.45, 2.75) is 0 Å². The molecule has 1 aromatic heterocycles. The number of anilines is 1. The highest BCUT2D eigenvalue weighted by Crippen LogP contribution is 2.24. The molecule has 0 aromatic carbocycles. The second-order valence-corrected chi connectivity index (χ2v) is 3.75. The minimum atomic E-state index is 0.106. The number of hydrogen-bond acceptors (Lipinski definition) is 3. The maximum atomic E-state index is 8.55. The first-order chi connectivity index (χ1) is 5.74. The molecule has 0 unspecified atom stereocenters. The summed E-state index contributed by atoms with van der Waals surface area (Å²) in [6.07, 6.45) is 3.67. The molecule has 0 radical (unpaired) electrons. The highest BCUT2D eigenvalue weighted by atomic mass is 32.1. The van der Waals surface area contributed by atoms with Gasteiger partial charge in [-0.2, -0.15) is 0 Å². The molecule has 0 amide bonds.